The summed E-state index contributed by atoms with van der Waals surface area (Å²) in [5.74, 6) is 1.84. The molecule has 0 radical (unpaired) electrons. The van der Waals surface area contributed by atoms with Crippen LogP contribution in [-0.2, 0) is 6.54 Å². The summed E-state index contributed by atoms with van der Waals surface area (Å²) in [5, 5.41) is 8.89. The van der Waals surface area contributed by atoms with Crippen molar-refractivity contribution in [3.8, 4) is 0 Å². The topological polar surface area (TPSA) is 94.1 Å². The van der Waals surface area contributed by atoms with Crippen LogP contribution in [0.15, 0.2) is 27.5 Å². The van der Waals surface area contributed by atoms with Crippen molar-refractivity contribution in [3.05, 3.63) is 51.6 Å². The van der Waals surface area contributed by atoms with E-state index in [9.17, 15) is 9.59 Å². The number of nitrogens with zero attached hydrogens (tertiary/aromatic N) is 5. The monoisotopic (exact) mass is 407 g/mol. The molecule has 4 heterocycles. The average molecular weight is 407 g/mol. The highest BCUT2D eigenvalue weighted by Gasteiger charge is 2.33. The summed E-state index contributed by atoms with van der Waals surface area (Å²) in [6.45, 7) is 5.65. The fraction of sp³-hybridized carbons (Fsp3) is 0.500. The molecule has 0 bridgehead atoms. The number of fused-ring (bicyclic) bond motifs is 1. The Labute approximate surface area is 173 Å². The van der Waals surface area contributed by atoms with Crippen LogP contribution in [0.5, 0.6) is 0 Å². The van der Waals surface area contributed by atoms with E-state index < -0.39 is 0 Å². The van der Waals surface area contributed by atoms with E-state index in [0.29, 0.717) is 42.5 Å². The van der Waals surface area contributed by atoms with E-state index in [2.05, 4.69) is 15.2 Å². The Morgan fingerprint density at radius 1 is 1.10 bits per heavy atom. The lowest BCUT2D eigenvalue weighted by molar-refractivity contribution is 0.0704. The van der Waals surface area contributed by atoms with Crippen LogP contribution in [0.25, 0.3) is 11.0 Å². The molecule has 0 spiro atoms. The number of carbonyl (C=O) groups excluding carboxylic acids is 1. The maximum atomic E-state index is 13.2. The van der Waals surface area contributed by atoms with E-state index in [-0.39, 0.29) is 22.8 Å². The Morgan fingerprint density at radius 2 is 1.77 bits per heavy atom. The summed E-state index contributed by atoms with van der Waals surface area (Å²) in [5.41, 5.74) is 1.43. The molecular weight excluding hydrogens is 382 g/mol. The smallest absolute Gasteiger partial charge is 0.259 e. The molecule has 1 saturated heterocycles. The second-order valence-electron chi connectivity index (χ2n) is 8.30. The maximum absolute atomic E-state index is 13.2. The number of pyridine rings is 2. The van der Waals surface area contributed by atoms with E-state index in [4.69, 9.17) is 4.42 Å². The first-order chi connectivity index (χ1) is 14.5. The van der Waals surface area contributed by atoms with Crippen molar-refractivity contribution in [1.82, 2.24) is 24.6 Å². The number of hydrogen-bond acceptors (Lipinski definition) is 6. The second-order valence-corrected chi connectivity index (χ2v) is 8.30. The van der Waals surface area contributed by atoms with E-state index in [1.807, 2.05) is 24.5 Å². The van der Waals surface area contributed by atoms with Crippen LogP contribution < -0.4 is 5.43 Å². The minimum atomic E-state index is -0.250. The third-order valence-electron chi connectivity index (χ3n) is 6.15. The van der Waals surface area contributed by atoms with Gasteiger partial charge in [-0.3, -0.25) is 9.59 Å². The molecule has 3 aromatic heterocycles. The van der Waals surface area contributed by atoms with Gasteiger partial charge in [0.25, 0.3) is 5.91 Å². The Hall–Kier alpha value is -3.03. The molecule has 0 aromatic carbocycles. The van der Waals surface area contributed by atoms with Crippen LogP contribution in [0.3, 0.4) is 0 Å². The van der Waals surface area contributed by atoms with Crippen LogP contribution >= 0.6 is 0 Å². The maximum Gasteiger partial charge on any atom is 0.259 e. The summed E-state index contributed by atoms with van der Waals surface area (Å²) in [6, 6.07) is 3.58. The molecular formula is C22H25N5O3. The fourth-order valence-corrected chi connectivity index (χ4v) is 4.16. The third kappa shape index (κ3) is 3.30. The van der Waals surface area contributed by atoms with Crippen molar-refractivity contribution in [2.24, 2.45) is 0 Å². The molecule has 30 heavy (non-hydrogen) atoms. The molecule has 0 unspecified atom stereocenters. The second kappa shape index (κ2) is 7.34. The van der Waals surface area contributed by atoms with Crippen molar-refractivity contribution >= 4 is 16.9 Å². The van der Waals surface area contributed by atoms with Gasteiger partial charge in [-0.25, -0.2) is 4.98 Å². The normalized spacial score (nSPS) is 17.6. The predicted octanol–water partition coefficient (Wildman–Crippen LogP) is 3.01. The number of likely N-dealkylation sites (tertiary alicyclic amines) is 1. The summed E-state index contributed by atoms with van der Waals surface area (Å²) >= 11 is 0. The quantitative estimate of drug-likeness (QED) is 0.660. The molecule has 2 fully saturated rings. The lowest BCUT2D eigenvalue weighted by atomic mass is 9.96. The van der Waals surface area contributed by atoms with Crippen molar-refractivity contribution in [2.45, 2.75) is 57.9 Å². The van der Waals surface area contributed by atoms with Gasteiger partial charge in [0.05, 0.1) is 5.39 Å². The largest absolute Gasteiger partial charge is 0.425 e. The number of aryl methyl sites for hydroxylation is 2. The highest BCUT2D eigenvalue weighted by atomic mass is 16.4. The standard InChI is InChI=1S/C22H25N5O3/c1-3-26-12-17(18(28)16-7-4-13(2)23-19(16)26)22(29)27-10-8-15(9-11-27)21-25-24-20(30-21)14-5-6-14/h4,7,12,14-15H,3,5-6,8-11H2,1-2H3. The summed E-state index contributed by atoms with van der Waals surface area (Å²) < 4.78 is 7.73. The van der Waals surface area contributed by atoms with Crippen LogP contribution in [0.1, 0.15) is 72.3 Å². The van der Waals surface area contributed by atoms with Gasteiger partial charge in [-0.1, -0.05) is 0 Å². The van der Waals surface area contributed by atoms with Crippen molar-refractivity contribution in [3.63, 3.8) is 0 Å². The van der Waals surface area contributed by atoms with Crippen molar-refractivity contribution in [2.75, 3.05) is 13.1 Å². The molecule has 1 amide bonds. The SMILES string of the molecule is CCn1cc(C(=O)N2CCC(c3nnc(C4CC4)o3)CC2)c(=O)c2ccc(C)nc21. The summed E-state index contributed by atoms with van der Waals surface area (Å²) in [6.07, 6.45) is 5.43. The van der Waals surface area contributed by atoms with E-state index in [0.717, 1.165) is 37.3 Å². The zero-order valence-corrected chi connectivity index (χ0v) is 17.3. The Bertz CT molecular complexity index is 1170. The van der Waals surface area contributed by atoms with Gasteiger partial charge in [0.2, 0.25) is 17.2 Å². The minimum Gasteiger partial charge on any atom is -0.425 e. The molecule has 1 saturated carbocycles. The van der Waals surface area contributed by atoms with E-state index in [1.165, 1.54) is 0 Å². The first-order valence-electron chi connectivity index (χ1n) is 10.7. The fourth-order valence-electron chi connectivity index (χ4n) is 4.16. The average Bonchev–Trinajstić information content (AvgIpc) is 3.50. The summed E-state index contributed by atoms with van der Waals surface area (Å²) in [7, 11) is 0. The van der Waals surface area contributed by atoms with Crippen molar-refractivity contribution < 1.29 is 9.21 Å². The van der Waals surface area contributed by atoms with E-state index in [1.54, 1.807) is 17.2 Å². The highest BCUT2D eigenvalue weighted by molar-refractivity contribution is 5.97. The molecule has 0 N–H and O–H groups in total. The van der Waals surface area contributed by atoms with Crippen LogP contribution in [0.2, 0.25) is 0 Å². The number of piperidine rings is 1. The van der Waals surface area contributed by atoms with Gasteiger partial charge < -0.3 is 13.9 Å². The number of amides is 1. The van der Waals surface area contributed by atoms with Gasteiger partial charge in [0.15, 0.2) is 0 Å². The Kier molecular flexibility index (Phi) is 4.64. The Balaban J connectivity index is 1.36. The van der Waals surface area contributed by atoms with Crippen LogP contribution in [-0.4, -0.2) is 43.6 Å². The van der Waals surface area contributed by atoms with Gasteiger partial charge in [0.1, 0.15) is 11.2 Å². The number of rotatable bonds is 4. The lowest BCUT2D eigenvalue weighted by Gasteiger charge is -2.30. The molecule has 156 valence electrons. The number of carbonyl (C=O) groups is 1. The van der Waals surface area contributed by atoms with E-state index >= 15 is 0 Å². The molecule has 1 aliphatic heterocycles. The summed E-state index contributed by atoms with van der Waals surface area (Å²) in [4.78, 5) is 32.5. The first kappa shape index (κ1) is 19.0. The van der Waals surface area contributed by atoms with Gasteiger partial charge in [-0.05, 0) is 51.7 Å². The molecule has 3 aromatic rings. The number of aromatic nitrogens is 4. The number of hydrogen-bond donors (Lipinski definition) is 0. The Morgan fingerprint density at radius 3 is 2.40 bits per heavy atom. The van der Waals surface area contributed by atoms with Crippen LogP contribution in [0.4, 0.5) is 0 Å². The predicted molar refractivity (Wildman–Crippen MR) is 111 cm³/mol. The minimum absolute atomic E-state index is 0.171. The zero-order valence-electron chi connectivity index (χ0n) is 17.3. The molecule has 2 aliphatic rings. The lowest BCUT2D eigenvalue weighted by Crippen LogP contribution is -2.40. The van der Waals surface area contributed by atoms with Crippen molar-refractivity contribution in [1.29, 1.82) is 0 Å². The first-order valence-corrected chi connectivity index (χ1v) is 10.7. The van der Waals surface area contributed by atoms with Gasteiger partial charge >= 0.3 is 0 Å². The van der Waals surface area contributed by atoms with Gasteiger partial charge in [0, 0.05) is 43.4 Å². The molecule has 1 aliphatic carbocycles. The highest BCUT2D eigenvalue weighted by Crippen LogP contribution is 2.40. The molecule has 5 rings (SSSR count). The molecule has 8 nitrogen and oxygen atoms in total. The molecule has 0 atom stereocenters. The zero-order chi connectivity index (χ0) is 20.8. The van der Waals surface area contributed by atoms with Gasteiger partial charge in [-0.15, -0.1) is 10.2 Å². The van der Waals surface area contributed by atoms with Gasteiger partial charge in [-0.2, -0.15) is 0 Å². The third-order valence-corrected chi connectivity index (χ3v) is 6.15. The molecule has 8 heteroatoms. The van der Waals surface area contributed by atoms with Crippen LogP contribution in [0, 0.1) is 6.92 Å².